The van der Waals surface area contributed by atoms with Crippen LogP contribution in [0.5, 0.6) is 0 Å². The van der Waals surface area contributed by atoms with E-state index in [-0.39, 0.29) is 5.78 Å². The summed E-state index contributed by atoms with van der Waals surface area (Å²) in [4.78, 5) is 11.1. The van der Waals surface area contributed by atoms with Crippen LogP contribution in [0, 0.1) is 0 Å². The molecule has 0 aliphatic rings. The highest BCUT2D eigenvalue weighted by Gasteiger charge is 2.06. The third-order valence-electron chi connectivity index (χ3n) is 1.33. The molecule has 0 unspecified atom stereocenters. The Labute approximate surface area is 64.4 Å². The number of rotatable bonds is 4. The maximum absolute atomic E-state index is 11.1. The Morgan fingerprint density at radius 3 is 3.09 bits per heavy atom. The highest BCUT2D eigenvalue weighted by molar-refractivity contribution is 5.93. The van der Waals surface area contributed by atoms with Gasteiger partial charge in [0.05, 0.1) is 0 Å². The average molecular weight is 154 g/mol. The van der Waals surface area contributed by atoms with Crippen molar-refractivity contribution in [1.82, 2.24) is 5.16 Å². The van der Waals surface area contributed by atoms with E-state index in [1.165, 1.54) is 6.26 Å². The van der Waals surface area contributed by atoms with Gasteiger partial charge in [-0.05, 0) is 13.0 Å². The zero-order chi connectivity index (χ0) is 8.10. The van der Waals surface area contributed by atoms with Crippen LogP contribution in [0.15, 0.2) is 16.9 Å². The Hall–Kier alpha value is -1.16. The molecule has 0 atom stereocenters. The van der Waals surface area contributed by atoms with Crippen LogP contribution in [0.2, 0.25) is 0 Å². The molecular formula is C7H10N2O2. The number of hydrogen-bond donors (Lipinski definition) is 1. The number of ketones is 1. The summed E-state index contributed by atoms with van der Waals surface area (Å²) in [5.74, 6) is -0.01000. The van der Waals surface area contributed by atoms with Crippen molar-refractivity contribution in [2.75, 3.05) is 6.54 Å². The molecule has 0 amide bonds. The molecule has 0 fully saturated rings. The third kappa shape index (κ3) is 2.16. The molecule has 0 aliphatic heterocycles. The van der Waals surface area contributed by atoms with Gasteiger partial charge < -0.3 is 10.3 Å². The van der Waals surface area contributed by atoms with Crippen LogP contribution in [0.4, 0.5) is 0 Å². The van der Waals surface area contributed by atoms with Crippen LogP contribution in [-0.4, -0.2) is 17.5 Å². The van der Waals surface area contributed by atoms with Crippen LogP contribution in [0.1, 0.15) is 23.3 Å². The van der Waals surface area contributed by atoms with Gasteiger partial charge in [0.25, 0.3) is 0 Å². The largest absolute Gasteiger partial charge is 0.364 e. The van der Waals surface area contributed by atoms with E-state index in [9.17, 15) is 4.79 Å². The fraction of sp³-hybridized carbons (Fsp3) is 0.429. The molecule has 0 aromatic carbocycles. The Kier molecular flexibility index (Phi) is 2.80. The molecule has 0 radical (unpaired) electrons. The number of Topliss-reactive ketones (excluding diaryl/α,β-unsaturated/α-hetero) is 1. The quantitative estimate of drug-likeness (QED) is 0.644. The minimum absolute atomic E-state index is 0.01000. The zero-order valence-electron chi connectivity index (χ0n) is 6.12. The molecule has 1 aromatic rings. The van der Waals surface area contributed by atoms with Gasteiger partial charge in [0.15, 0.2) is 5.78 Å². The second kappa shape index (κ2) is 3.88. The first-order valence-electron chi connectivity index (χ1n) is 3.48. The summed E-state index contributed by atoms with van der Waals surface area (Å²) >= 11 is 0. The second-order valence-electron chi connectivity index (χ2n) is 2.20. The summed E-state index contributed by atoms with van der Waals surface area (Å²) in [5, 5.41) is 3.50. The van der Waals surface area contributed by atoms with Crippen LogP contribution in [0.25, 0.3) is 0 Å². The van der Waals surface area contributed by atoms with E-state index in [2.05, 4.69) is 9.68 Å². The molecule has 0 aliphatic carbocycles. The molecule has 0 saturated carbocycles. The summed E-state index contributed by atoms with van der Waals surface area (Å²) < 4.78 is 4.51. The fourth-order valence-electron chi connectivity index (χ4n) is 0.747. The number of carbonyl (C=O) groups excluding carboxylic acids is 1. The molecule has 4 heteroatoms. The van der Waals surface area contributed by atoms with Crippen molar-refractivity contribution in [1.29, 1.82) is 0 Å². The molecule has 60 valence electrons. The van der Waals surface area contributed by atoms with Crippen molar-refractivity contribution in [3.63, 3.8) is 0 Å². The number of carbonyl (C=O) groups is 1. The van der Waals surface area contributed by atoms with Gasteiger partial charge in [0.1, 0.15) is 12.0 Å². The van der Waals surface area contributed by atoms with Gasteiger partial charge in [-0.3, -0.25) is 4.79 Å². The van der Waals surface area contributed by atoms with Crippen LogP contribution < -0.4 is 5.73 Å². The molecular weight excluding hydrogens is 144 g/mol. The van der Waals surface area contributed by atoms with Gasteiger partial charge in [0, 0.05) is 12.5 Å². The summed E-state index contributed by atoms with van der Waals surface area (Å²) in [6, 6.07) is 1.55. The van der Waals surface area contributed by atoms with Crippen molar-refractivity contribution < 1.29 is 9.32 Å². The lowest BCUT2D eigenvalue weighted by Gasteiger charge is -1.91. The fourth-order valence-corrected chi connectivity index (χ4v) is 0.747. The van der Waals surface area contributed by atoms with Gasteiger partial charge in [0.2, 0.25) is 0 Å². The van der Waals surface area contributed by atoms with Gasteiger partial charge in [-0.2, -0.15) is 0 Å². The molecule has 4 nitrogen and oxygen atoms in total. The van der Waals surface area contributed by atoms with Crippen molar-refractivity contribution in [2.45, 2.75) is 12.8 Å². The molecule has 0 bridgehead atoms. The Bertz CT molecular complexity index is 218. The predicted octanol–water partition coefficient (Wildman–Crippen LogP) is 0.596. The summed E-state index contributed by atoms with van der Waals surface area (Å²) in [6.45, 7) is 0.531. The molecule has 1 rings (SSSR count). The molecule has 2 N–H and O–H groups in total. The maximum atomic E-state index is 11.1. The molecule has 1 heterocycles. The van der Waals surface area contributed by atoms with Crippen molar-refractivity contribution in [3.05, 3.63) is 18.0 Å². The zero-order valence-corrected chi connectivity index (χ0v) is 6.12. The molecule has 1 aromatic heterocycles. The van der Waals surface area contributed by atoms with Gasteiger partial charge >= 0.3 is 0 Å². The van der Waals surface area contributed by atoms with E-state index in [1.54, 1.807) is 6.07 Å². The smallest absolute Gasteiger partial charge is 0.184 e. The maximum Gasteiger partial charge on any atom is 0.184 e. The van der Waals surface area contributed by atoms with Crippen LogP contribution in [0.3, 0.4) is 0 Å². The highest BCUT2D eigenvalue weighted by Crippen LogP contribution is 2.00. The third-order valence-corrected chi connectivity index (χ3v) is 1.33. The molecule has 0 saturated heterocycles. The Morgan fingerprint density at radius 2 is 2.55 bits per heavy atom. The average Bonchev–Trinajstić information content (AvgIpc) is 2.52. The number of aromatic nitrogens is 1. The first-order chi connectivity index (χ1) is 5.34. The topological polar surface area (TPSA) is 69.1 Å². The van der Waals surface area contributed by atoms with Gasteiger partial charge in [-0.25, -0.2) is 0 Å². The summed E-state index contributed by atoms with van der Waals surface area (Å²) in [6.07, 6.45) is 2.53. The highest BCUT2D eigenvalue weighted by atomic mass is 16.5. The van der Waals surface area contributed by atoms with E-state index >= 15 is 0 Å². The van der Waals surface area contributed by atoms with E-state index in [0.717, 1.165) is 0 Å². The standard InChI is InChI=1S/C7H10N2O2/c8-4-1-2-7(10)6-3-5-11-9-6/h3,5H,1-2,4,8H2. The van der Waals surface area contributed by atoms with Crippen molar-refractivity contribution in [2.24, 2.45) is 5.73 Å². The van der Waals surface area contributed by atoms with Crippen molar-refractivity contribution in [3.8, 4) is 0 Å². The number of nitrogens with two attached hydrogens (primary N) is 1. The first kappa shape index (κ1) is 7.94. The lowest BCUT2D eigenvalue weighted by Crippen LogP contribution is -2.04. The normalized spacial score (nSPS) is 9.91. The Morgan fingerprint density at radius 1 is 1.73 bits per heavy atom. The van der Waals surface area contributed by atoms with E-state index in [4.69, 9.17) is 5.73 Å². The molecule has 11 heavy (non-hydrogen) atoms. The number of hydrogen-bond acceptors (Lipinski definition) is 4. The van der Waals surface area contributed by atoms with E-state index < -0.39 is 0 Å². The van der Waals surface area contributed by atoms with Crippen LogP contribution >= 0.6 is 0 Å². The minimum Gasteiger partial charge on any atom is -0.364 e. The lowest BCUT2D eigenvalue weighted by atomic mass is 10.2. The van der Waals surface area contributed by atoms with Gasteiger partial charge in [-0.1, -0.05) is 5.16 Å². The van der Waals surface area contributed by atoms with Crippen molar-refractivity contribution >= 4 is 5.78 Å². The van der Waals surface area contributed by atoms with Gasteiger partial charge in [-0.15, -0.1) is 0 Å². The minimum atomic E-state index is -0.01000. The summed E-state index contributed by atoms with van der Waals surface area (Å²) in [5.41, 5.74) is 5.62. The monoisotopic (exact) mass is 154 g/mol. The molecule has 0 spiro atoms. The van der Waals surface area contributed by atoms with E-state index in [1.807, 2.05) is 0 Å². The lowest BCUT2D eigenvalue weighted by molar-refractivity contribution is 0.0972. The summed E-state index contributed by atoms with van der Waals surface area (Å²) in [7, 11) is 0. The predicted molar refractivity (Wildman–Crippen MR) is 39.1 cm³/mol. The first-order valence-corrected chi connectivity index (χ1v) is 3.48. The SMILES string of the molecule is NCCCC(=O)c1ccon1. The Balaban J connectivity index is 2.43. The van der Waals surface area contributed by atoms with Crippen LogP contribution in [-0.2, 0) is 0 Å². The number of nitrogens with zero attached hydrogens (tertiary/aromatic N) is 1. The van der Waals surface area contributed by atoms with E-state index in [0.29, 0.717) is 25.1 Å². The second-order valence-corrected chi connectivity index (χ2v) is 2.20.